The van der Waals surface area contributed by atoms with E-state index in [0.717, 1.165) is 0 Å². The second-order valence-electron chi connectivity index (χ2n) is 1.05. The van der Waals surface area contributed by atoms with E-state index in [1.165, 1.54) is 18.8 Å². The van der Waals surface area contributed by atoms with Gasteiger partial charge in [-0.3, -0.25) is 0 Å². The summed E-state index contributed by atoms with van der Waals surface area (Å²) in [5, 5.41) is 0. The first-order valence-electron chi connectivity index (χ1n) is 1.82. The van der Waals surface area contributed by atoms with E-state index in [2.05, 4.69) is 9.47 Å². The summed E-state index contributed by atoms with van der Waals surface area (Å²) in [6.45, 7) is 0. The summed E-state index contributed by atoms with van der Waals surface area (Å²) in [4.78, 5) is 0. The van der Waals surface area contributed by atoms with Gasteiger partial charge >= 0.3 is 0 Å². The highest BCUT2D eigenvalue weighted by Crippen LogP contribution is 1.96. The van der Waals surface area contributed by atoms with Crippen molar-refractivity contribution in [1.82, 2.24) is 0 Å². The van der Waals surface area contributed by atoms with Gasteiger partial charge in [0.15, 0.2) is 6.26 Å². The lowest BCUT2D eigenvalue weighted by atomic mass is 10.8. The number of nitrogens with two attached hydrogens (primary N) is 1. The molecule has 0 fully saturated rings. The highest BCUT2D eigenvalue weighted by molar-refractivity contribution is 5.85. The molecule has 0 aromatic rings. The molecule has 1 rings (SSSR count). The smallest absolute Gasteiger partial charge is 0.225 e. The Hall–Kier alpha value is -0.830. The number of halogens is 1. The van der Waals surface area contributed by atoms with Crippen molar-refractivity contribution in [3.8, 4) is 0 Å². The largest absolute Gasteiger partial charge is 0.464 e. The zero-order valence-corrected chi connectivity index (χ0v) is 4.85. The van der Waals surface area contributed by atoms with Crippen LogP contribution >= 0.6 is 12.4 Å². The predicted octanol–water partition coefficient (Wildman–Crippen LogP) is 0.684. The van der Waals surface area contributed by atoms with Crippen molar-refractivity contribution in [2.45, 2.75) is 0 Å². The fraction of sp³-hybridized carbons (Fsp3) is 0. The normalized spacial score (nSPS) is 14.8. The van der Waals surface area contributed by atoms with Gasteiger partial charge in [-0.1, -0.05) is 0 Å². The highest BCUT2D eigenvalue weighted by Gasteiger charge is 1.89. The fourth-order valence-electron chi connectivity index (χ4n) is 0.273. The minimum atomic E-state index is 0. The summed E-state index contributed by atoms with van der Waals surface area (Å²) in [6.07, 6.45) is 4.09. The van der Waals surface area contributed by atoms with Gasteiger partial charge in [0, 0.05) is 0 Å². The Bertz CT molecular complexity index is 121. The van der Waals surface area contributed by atoms with Crippen LogP contribution in [-0.2, 0) is 9.47 Å². The van der Waals surface area contributed by atoms with E-state index in [0.29, 0.717) is 0 Å². The fourth-order valence-corrected chi connectivity index (χ4v) is 0.273. The quantitative estimate of drug-likeness (QED) is 0.532. The molecule has 0 unspecified atom stereocenters. The van der Waals surface area contributed by atoms with Gasteiger partial charge in [-0.05, 0) is 0 Å². The molecule has 0 aliphatic carbocycles. The lowest BCUT2D eigenvalue weighted by Crippen LogP contribution is -2.01. The van der Waals surface area contributed by atoms with Crippen LogP contribution in [0.3, 0.4) is 0 Å². The molecule has 0 spiro atoms. The molecule has 0 aromatic carbocycles. The van der Waals surface area contributed by atoms with Gasteiger partial charge in [-0.15, -0.1) is 12.4 Å². The number of ether oxygens (including phenoxy) is 2. The topological polar surface area (TPSA) is 44.5 Å². The molecule has 4 heteroatoms. The van der Waals surface area contributed by atoms with Crippen molar-refractivity contribution in [2.75, 3.05) is 0 Å². The third-order valence-corrected chi connectivity index (χ3v) is 0.522. The summed E-state index contributed by atoms with van der Waals surface area (Å²) in [5.74, 6) is 0.280. The second kappa shape index (κ2) is 3.21. The van der Waals surface area contributed by atoms with Crippen molar-refractivity contribution in [3.63, 3.8) is 0 Å². The van der Waals surface area contributed by atoms with E-state index < -0.39 is 0 Å². The van der Waals surface area contributed by atoms with Crippen LogP contribution in [0, 0.1) is 0 Å². The van der Waals surface area contributed by atoms with Gasteiger partial charge in [0.05, 0.1) is 0 Å². The van der Waals surface area contributed by atoms with E-state index in [1.54, 1.807) is 0 Å². The van der Waals surface area contributed by atoms with Gasteiger partial charge in [0.1, 0.15) is 12.5 Å². The molecule has 0 bridgehead atoms. The number of hydrogen-bond donors (Lipinski definition) is 1. The Morgan fingerprint density at radius 2 is 2.12 bits per heavy atom. The molecule has 0 saturated heterocycles. The van der Waals surface area contributed by atoms with Crippen LogP contribution in [0.4, 0.5) is 0 Å². The minimum Gasteiger partial charge on any atom is -0.464 e. The van der Waals surface area contributed by atoms with Crippen LogP contribution in [-0.4, -0.2) is 0 Å². The molecule has 3 nitrogen and oxygen atoms in total. The van der Waals surface area contributed by atoms with Crippen LogP contribution < -0.4 is 5.73 Å². The van der Waals surface area contributed by atoms with E-state index in [1.807, 2.05) is 0 Å². The molecule has 1 heterocycles. The first-order valence-corrected chi connectivity index (χ1v) is 1.82. The molecular formula is C4H6ClNO2. The number of rotatable bonds is 0. The van der Waals surface area contributed by atoms with Gasteiger partial charge in [0.2, 0.25) is 5.88 Å². The summed E-state index contributed by atoms with van der Waals surface area (Å²) >= 11 is 0. The third kappa shape index (κ3) is 1.75. The Morgan fingerprint density at radius 3 is 2.38 bits per heavy atom. The molecular weight excluding hydrogens is 130 g/mol. The Balaban J connectivity index is 0.000000490. The predicted molar refractivity (Wildman–Crippen MR) is 30.8 cm³/mol. The van der Waals surface area contributed by atoms with Crippen molar-refractivity contribution >= 4 is 12.4 Å². The van der Waals surface area contributed by atoms with Crippen LogP contribution in [0.2, 0.25) is 0 Å². The zero-order valence-electron chi connectivity index (χ0n) is 4.03. The first-order chi connectivity index (χ1) is 3.39. The Labute approximate surface area is 53.2 Å². The molecule has 1 aliphatic heterocycles. The average molecular weight is 136 g/mol. The molecule has 0 aromatic heterocycles. The molecule has 0 saturated carbocycles. The minimum absolute atomic E-state index is 0. The van der Waals surface area contributed by atoms with Crippen LogP contribution in [0.5, 0.6) is 0 Å². The van der Waals surface area contributed by atoms with Gasteiger partial charge in [0.25, 0.3) is 0 Å². The second-order valence-corrected chi connectivity index (χ2v) is 1.05. The van der Waals surface area contributed by atoms with Gasteiger partial charge < -0.3 is 15.2 Å². The lowest BCUT2D eigenvalue weighted by Gasteiger charge is -2.01. The van der Waals surface area contributed by atoms with Crippen molar-refractivity contribution in [1.29, 1.82) is 0 Å². The average Bonchev–Trinajstić information content (AvgIpc) is 1.69. The standard InChI is InChI=1S/C4H5NO2.ClH/c5-4-3-6-1-2-7-4;/h1-3H,5H2;1H. The zero-order chi connectivity index (χ0) is 5.11. The molecule has 0 amide bonds. The molecule has 0 atom stereocenters. The Morgan fingerprint density at radius 1 is 1.38 bits per heavy atom. The molecule has 0 radical (unpaired) electrons. The maximum absolute atomic E-state index is 5.10. The summed E-state index contributed by atoms with van der Waals surface area (Å²) in [6, 6.07) is 0. The molecule has 8 heavy (non-hydrogen) atoms. The monoisotopic (exact) mass is 135 g/mol. The SMILES string of the molecule is Cl.NC1=COC=CO1. The molecule has 1 aliphatic rings. The van der Waals surface area contributed by atoms with E-state index >= 15 is 0 Å². The summed E-state index contributed by atoms with van der Waals surface area (Å²) in [5.41, 5.74) is 5.10. The summed E-state index contributed by atoms with van der Waals surface area (Å²) in [7, 11) is 0. The van der Waals surface area contributed by atoms with Crippen molar-refractivity contribution < 1.29 is 9.47 Å². The van der Waals surface area contributed by atoms with Crippen LogP contribution in [0.1, 0.15) is 0 Å². The van der Waals surface area contributed by atoms with Gasteiger partial charge in [-0.25, -0.2) is 0 Å². The number of hydrogen-bond acceptors (Lipinski definition) is 3. The van der Waals surface area contributed by atoms with E-state index in [-0.39, 0.29) is 18.3 Å². The summed E-state index contributed by atoms with van der Waals surface area (Å²) < 4.78 is 9.20. The van der Waals surface area contributed by atoms with Crippen molar-refractivity contribution in [2.24, 2.45) is 5.73 Å². The molecule has 2 N–H and O–H groups in total. The highest BCUT2D eigenvalue weighted by atomic mass is 35.5. The maximum Gasteiger partial charge on any atom is 0.225 e. The Kier molecular flexibility index (Phi) is 2.88. The first kappa shape index (κ1) is 7.17. The van der Waals surface area contributed by atoms with Crippen molar-refractivity contribution in [3.05, 3.63) is 24.7 Å². The maximum atomic E-state index is 5.10. The van der Waals surface area contributed by atoms with E-state index in [4.69, 9.17) is 5.73 Å². The molecule has 46 valence electrons. The van der Waals surface area contributed by atoms with Crippen LogP contribution in [0.15, 0.2) is 24.7 Å². The lowest BCUT2D eigenvalue weighted by molar-refractivity contribution is 0.254. The van der Waals surface area contributed by atoms with Gasteiger partial charge in [-0.2, -0.15) is 0 Å². The van der Waals surface area contributed by atoms with E-state index in [9.17, 15) is 0 Å². The van der Waals surface area contributed by atoms with Crippen LogP contribution in [0.25, 0.3) is 0 Å². The third-order valence-electron chi connectivity index (χ3n) is 0.522.